The maximum Gasteiger partial charge on any atom is 0.251 e. The molecule has 1 heterocycles. The van der Waals surface area contributed by atoms with Gasteiger partial charge in [0.15, 0.2) is 0 Å². The van der Waals surface area contributed by atoms with Gasteiger partial charge >= 0.3 is 0 Å². The summed E-state index contributed by atoms with van der Waals surface area (Å²) in [5, 5.41) is 7.19. The molecule has 0 aliphatic heterocycles. The summed E-state index contributed by atoms with van der Waals surface area (Å²) in [5.74, 6) is 0.372. The largest absolute Gasteiger partial charge is 0.319 e. The Balaban J connectivity index is 3.00. The first-order chi connectivity index (χ1) is 8.54. The lowest BCUT2D eigenvalue weighted by atomic mass is 9.98. The first-order valence-electron chi connectivity index (χ1n) is 6.51. The standard InChI is InChI=1S/C14H23N3O/c1-6-10(4)14(18)16-12-9-15-17(5)13(12)11(7-2)8-3/h6,9,11H,7-8H2,1-5H3,(H,16,18). The van der Waals surface area contributed by atoms with Crippen LogP contribution in [0.2, 0.25) is 0 Å². The topological polar surface area (TPSA) is 46.9 Å². The highest BCUT2D eigenvalue weighted by atomic mass is 16.1. The van der Waals surface area contributed by atoms with Gasteiger partial charge in [0.2, 0.25) is 0 Å². The second-order valence-electron chi connectivity index (χ2n) is 4.51. The Kier molecular flexibility index (Phi) is 5.13. The third kappa shape index (κ3) is 3.00. The highest BCUT2D eigenvalue weighted by molar-refractivity contribution is 6.03. The lowest BCUT2D eigenvalue weighted by Gasteiger charge is -2.15. The van der Waals surface area contributed by atoms with Crippen molar-refractivity contribution < 1.29 is 4.79 Å². The fourth-order valence-corrected chi connectivity index (χ4v) is 2.05. The Bertz CT molecular complexity index is 442. The monoisotopic (exact) mass is 249 g/mol. The number of amides is 1. The Hall–Kier alpha value is -1.58. The van der Waals surface area contributed by atoms with Crippen LogP contribution in [-0.2, 0) is 11.8 Å². The van der Waals surface area contributed by atoms with Crippen LogP contribution in [0.5, 0.6) is 0 Å². The molecule has 0 saturated heterocycles. The van der Waals surface area contributed by atoms with Gasteiger partial charge in [0.1, 0.15) is 0 Å². The van der Waals surface area contributed by atoms with E-state index in [4.69, 9.17) is 0 Å². The fraction of sp³-hybridized carbons (Fsp3) is 0.571. The van der Waals surface area contributed by atoms with E-state index in [1.165, 1.54) is 0 Å². The van der Waals surface area contributed by atoms with Gasteiger partial charge in [-0.15, -0.1) is 0 Å². The molecule has 1 aromatic heterocycles. The summed E-state index contributed by atoms with van der Waals surface area (Å²) in [6.07, 6.45) is 5.62. The molecule has 0 bridgehead atoms. The minimum Gasteiger partial charge on any atom is -0.319 e. The predicted octanol–water partition coefficient (Wildman–Crippen LogP) is 3.23. The van der Waals surface area contributed by atoms with Crippen molar-refractivity contribution in [3.05, 3.63) is 23.5 Å². The van der Waals surface area contributed by atoms with E-state index in [9.17, 15) is 4.79 Å². The fourth-order valence-electron chi connectivity index (χ4n) is 2.05. The number of nitrogens with zero attached hydrogens (tertiary/aromatic N) is 2. The van der Waals surface area contributed by atoms with Crippen molar-refractivity contribution in [3.8, 4) is 0 Å². The maximum atomic E-state index is 11.9. The van der Waals surface area contributed by atoms with Crippen LogP contribution < -0.4 is 5.32 Å². The lowest BCUT2D eigenvalue weighted by Crippen LogP contribution is -2.15. The van der Waals surface area contributed by atoms with E-state index >= 15 is 0 Å². The third-order valence-corrected chi connectivity index (χ3v) is 3.40. The zero-order valence-electron chi connectivity index (χ0n) is 11.9. The van der Waals surface area contributed by atoms with Gasteiger partial charge in [-0.3, -0.25) is 9.48 Å². The zero-order chi connectivity index (χ0) is 13.7. The molecule has 0 aromatic carbocycles. The molecule has 100 valence electrons. The second kappa shape index (κ2) is 6.38. The third-order valence-electron chi connectivity index (χ3n) is 3.40. The molecule has 0 unspecified atom stereocenters. The molecule has 0 fully saturated rings. The number of allylic oxidation sites excluding steroid dienone is 1. The van der Waals surface area contributed by atoms with Crippen molar-refractivity contribution in [2.24, 2.45) is 7.05 Å². The summed E-state index contributed by atoms with van der Waals surface area (Å²) in [7, 11) is 1.92. The average Bonchev–Trinajstić information content (AvgIpc) is 2.72. The number of rotatable bonds is 5. The molecule has 1 aromatic rings. The highest BCUT2D eigenvalue weighted by Crippen LogP contribution is 2.29. The van der Waals surface area contributed by atoms with E-state index in [0.29, 0.717) is 11.5 Å². The van der Waals surface area contributed by atoms with Crippen LogP contribution in [0.15, 0.2) is 17.8 Å². The average molecular weight is 249 g/mol. The van der Waals surface area contributed by atoms with Crippen molar-refractivity contribution in [2.45, 2.75) is 46.5 Å². The Morgan fingerprint density at radius 1 is 1.50 bits per heavy atom. The number of aromatic nitrogens is 2. The number of nitrogens with one attached hydrogen (secondary N) is 1. The van der Waals surface area contributed by atoms with E-state index in [1.54, 1.807) is 6.20 Å². The van der Waals surface area contributed by atoms with Crippen molar-refractivity contribution >= 4 is 11.6 Å². The van der Waals surface area contributed by atoms with Gasteiger partial charge in [-0.05, 0) is 26.7 Å². The molecule has 0 aliphatic rings. The Morgan fingerprint density at radius 3 is 2.61 bits per heavy atom. The summed E-state index contributed by atoms with van der Waals surface area (Å²) in [6, 6.07) is 0. The second-order valence-corrected chi connectivity index (χ2v) is 4.51. The molecule has 1 amide bonds. The van der Waals surface area contributed by atoms with Crippen molar-refractivity contribution in [1.29, 1.82) is 0 Å². The van der Waals surface area contributed by atoms with Crippen LogP contribution in [0.1, 0.15) is 52.1 Å². The quantitative estimate of drug-likeness (QED) is 0.814. The Morgan fingerprint density at radius 2 is 2.11 bits per heavy atom. The minimum atomic E-state index is -0.0577. The summed E-state index contributed by atoms with van der Waals surface area (Å²) in [6.45, 7) is 7.98. The van der Waals surface area contributed by atoms with E-state index in [2.05, 4.69) is 24.3 Å². The normalized spacial score (nSPS) is 12.0. The summed E-state index contributed by atoms with van der Waals surface area (Å²) in [5.41, 5.74) is 2.66. The van der Waals surface area contributed by atoms with Gasteiger partial charge < -0.3 is 5.32 Å². The van der Waals surface area contributed by atoms with Crippen LogP contribution >= 0.6 is 0 Å². The molecule has 0 aliphatic carbocycles. The molecule has 0 saturated carbocycles. The van der Waals surface area contributed by atoms with Gasteiger partial charge in [0, 0.05) is 18.5 Å². The first-order valence-corrected chi connectivity index (χ1v) is 6.51. The molecule has 4 nitrogen and oxygen atoms in total. The van der Waals surface area contributed by atoms with E-state index in [0.717, 1.165) is 24.2 Å². The van der Waals surface area contributed by atoms with Crippen molar-refractivity contribution in [3.63, 3.8) is 0 Å². The van der Waals surface area contributed by atoms with Crippen molar-refractivity contribution in [2.75, 3.05) is 5.32 Å². The van der Waals surface area contributed by atoms with Gasteiger partial charge in [-0.25, -0.2) is 0 Å². The maximum absolute atomic E-state index is 11.9. The minimum absolute atomic E-state index is 0.0577. The molecular weight excluding hydrogens is 226 g/mol. The van der Waals surface area contributed by atoms with Gasteiger partial charge in [0.25, 0.3) is 5.91 Å². The Labute approximate surface area is 109 Å². The highest BCUT2D eigenvalue weighted by Gasteiger charge is 2.18. The number of carbonyl (C=O) groups is 1. The number of hydrogen-bond donors (Lipinski definition) is 1. The lowest BCUT2D eigenvalue weighted by molar-refractivity contribution is -0.112. The van der Waals surface area contributed by atoms with Crippen LogP contribution in [0, 0.1) is 0 Å². The van der Waals surface area contributed by atoms with E-state index in [-0.39, 0.29) is 5.91 Å². The van der Waals surface area contributed by atoms with Crippen LogP contribution in [0.3, 0.4) is 0 Å². The smallest absolute Gasteiger partial charge is 0.251 e. The summed E-state index contributed by atoms with van der Waals surface area (Å²) >= 11 is 0. The SMILES string of the molecule is CC=C(C)C(=O)Nc1cnn(C)c1C(CC)CC. The first kappa shape index (κ1) is 14.5. The van der Waals surface area contributed by atoms with E-state index < -0.39 is 0 Å². The number of hydrogen-bond acceptors (Lipinski definition) is 2. The summed E-state index contributed by atoms with van der Waals surface area (Å²) in [4.78, 5) is 11.9. The molecule has 1 N–H and O–H groups in total. The number of aryl methyl sites for hydroxylation is 1. The molecule has 4 heteroatoms. The number of carbonyl (C=O) groups excluding carboxylic acids is 1. The molecule has 0 atom stereocenters. The van der Waals surface area contributed by atoms with Crippen LogP contribution in [-0.4, -0.2) is 15.7 Å². The van der Waals surface area contributed by atoms with Crippen LogP contribution in [0.25, 0.3) is 0 Å². The molecule has 18 heavy (non-hydrogen) atoms. The van der Waals surface area contributed by atoms with Crippen LogP contribution in [0.4, 0.5) is 5.69 Å². The molecule has 0 radical (unpaired) electrons. The molecule has 0 spiro atoms. The van der Waals surface area contributed by atoms with Crippen molar-refractivity contribution in [1.82, 2.24) is 9.78 Å². The molecule has 1 rings (SSSR count). The summed E-state index contributed by atoms with van der Waals surface area (Å²) < 4.78 is 1.86. The predicted molar refractivity (Wildman–Crippen MR) is 74.6 cm³/mol. The molecular formula is C14H23N3O. The van der Waals surface area contributed by atoms with Gasteiger partial charge in [-0.2, -0.15) is 5.10 Å². The van der Waals surface area contributed by atoms with E-state index in [1.807, 2.05) is 31.7 Å². The van der Waals surface area contributed by atoms with Gasteiger partial charge in [0.05, 0.1) is 17.6 Å². The number of anilines is 1. The van der Waals surface area contributed by atoms with Gasteiger partial charge in [-0.1, -0.05) is 19.9 Å². The zero-order valence-corrected chi connectivity index (χ0v) is 11.9.